The molecule has 0 aliphatic carbocycles. The summed E-state index contributed by atoms with van der Waals surface area (Å²) in [5, 5.41) is 9.96. The lowest BCUT2D eigenvalue weighted by Crippen LogP contribution is -1.99. The van der Waals surface area contributed by atoms with Crippen LogP contribution < -0.4 is 0 Å². The van der Waals surface area contributed by atoms with E-state index in [0.717, 1.165) is 11.3 Å². The zero-order valence-corrected chi connectivity index (χ0v) is 10.4. The topological polar surface area (TPSA) is 42.2 Å². The molecule has 0 aliphatic rings. The first kappa shape index (κ1) is 11.7. The molecule has 2 rings (SSSR count). The van der Waals surface area contributed by atoms with Gasteiger partial charge in [0.1, 0.15) is 0 Å². The largest absolute Gasteiger partial charge is 0.481 e. The Morgan fingerprint density at radius 3 is 2.71 bits per heavy atom. The SMILES string of the molecule is Cc1ccc2c(CCC(=O)O)c(C)n(C)c2c1. The zero-order valence-electron chi connectivity index (χ0n) is 10.4. The Bertz CT molecular complexity index is 581. The fourth-order valence-corrected chi connectivity index (χ4v) is 2.30. The first-order valence-corrected chi connectivity index (χ1v) is 5.77. The third kappa shape index (κ3) is 2.05. The van der Waals surface area contributed by atoms with E-state index in [1.807, 2.05) is 14.0 Å². The number of fused-ring (bicyclic) bond motifs is 1. The van der Waals surface area contributed by atoms with Crippen LogP contribution in [0.2, 0.25) is 0 Å². The Kier molecular flexibility index (Phi) is 2.92. The van der Waals surface area contributed by atoms with Crippen molar-refractivity contribution < 1.29 is 9.90 Å². The van der Waals surface area contributed by atoms with E-state index in [9.17, 15) is 4.79 Å². The number of benzene rings is 1. The highest BCUT2D eigenvalue weighted by Crippen LogP contribution is 2.26. The van der Waals surface area contributed by atoms with Crippen LogP contribution in [0.5, 0.6) is 0 Å². The number of carboxylic acids is 1. The normalized spacial score (nSPS) is 11.0. The van der Waals surface area contributed by atoms with Crippen molar-refractivity contribution in [3.63, 3.8) is 0 Å². The van der Waals surface area contributed by atoms with Gasteiger partial charge in [0.25, 0.3) is 0 Å². The monoisotopic (exact) mass is 231 g/mol. The number of nitrogens with zero attached hydrogens (tertiary/aromatic N) is 1. The predicted octanol–water partition coefficient (Wildman–Crippen LogP) is 2.81. The van der Waals surface area contributed by atoms with Crippen molar-refractivity contribution in [1.29, 1.82) is 0 Å². The molecule has 0 atom stereocenters. The maximum absolute atomic E-state index is 10.7. The summed E-state index contributed by atoms with van der Waals surface area (Å²) in [6.45, 7) is 4.12. The van der Waals surface area contributed by atoms with Crippen molar-refractivity contribution >= 4 is 16.9 Å². The van der Waals surface area contributed by atoms with Crippen molar-refractivity contribution in [2.24, 2.45) is 7.05 Å². The minimum absolute atomic E-state index is 0.188. The molecule has 1 aromatic heterocycles. The summed E-state index contributed by atoms with van der Waals surface area (Å²) in [5.74, 6) is -0.742. The fourth-order valence-electron chi connectivity index (χ4n) is 2.30. The highest BCUT2D eigenvalue weighted by Gasteiger charge is 2.12. The minimum atomic E-state index is -0.742. The van der Waals surface area contributed by atoms with Gasteiger partial charge in [-0.15, -0.1) is 0 Å². The van der Waals surface area contributed by atoms with Crippen LogP contribution in [0.4, 0.5) is 0 Å². The average molecular weight is 231 g/mol. The van der Waals surface area contributed by atoms with Crippen LogP contribution in [0.1, 0.15) is 23.2 Å². The quantitative estimate of drug-likeness (QED) is 0.882. The number of aromatic nitrogens is 1. The lowest BCUT2D eigenvalue weighted by atomic mass is 10.0. The smallest absolute Gasteiger partial charge is 0.303 e. The number of aliphatic carboxylic acids is 1. The second-order valence-corrected chi connectivity index (χ2v) is 4.54. The second-order valence-electron chi connectivity index (χ2n) is 4.54. The maximum atomic E-state index is 10.7. The van der Waals surface area contributed by atoms with Gasteiger partial charge >= 0.3 is 5.97 Å². The number of aryl methyl sites for hydroxylation is 3. The van der Waals surface area contributed by atoms with Crippen molar-refractivity contribution in [3.05, 3.63) is 35.0 Å². The van der Waals surface area contributed by atoms with Gasteiger partial charge in [-0.2, -0.15) is 0 Å². The van der Waals surface area contributed by atoms with Crippen LogP contribution >= 0.6 is 0 Å². The first-order chi connectivity index (χ1) is 8.00. The third-order valence-electron chi connectivity index (χ3n) is 3.37. The molecule has 0 radical (unpaired) electrons. The fraction of sp³-hybridized carbons (Fsp3) is 0.357. The molecule has 0 spiro atoms. The average Bonchev–Trinajstić information content (AvgIpc) is 2.50. The number of rotatable bonds is 3. The number of hydrogen-bond acceptors (Lipinski definition) is 1. The van der Waals surface area contributed by atoms with E-state index in [-0.39, 0.29) is 6.42 Å². The van der Waals surface area contributed by atoms with Crippen LogP contribution in [-0.2, 0) is 18.3 Å². The van der Waals surface area contributed by atoms with Gasteiger partial charge < -0.3 is 9.67 Å². The Hall–Kier alpha value is -1.77. The predicted molar refractivity (Wildman–Crippen MR) is 68.3 cm³/mol. The Morgan fingerprint density at radius 1 is 1.35 bits per heavy atom. The van der Waals surface area contributed by atoms with E-state index in [4.69, 9.17) is 5.11 Å². The summed E-state index contributed by atoms with van der Waals surface area (Å²) >= 11 is 0. The summed E-state index contributed by atoms with van der Waals surface area (Å²) in [4.78, 5) is 10.7. The molecule has 0 saturated carbocycles. The van der Waals surface area contributed by atoms with Gasteiger partial charge in [0.2, 0.25) is 0 Å². The second kappa shape index (κ2) is 4.24. The van der Waals surface area contributed by atoms with Crippen molar-refractivity contribution in [2.45, 2.75) is 26.7 Å². The van der Waals surface area contributed by atoms with Crippen LogP contribution in [0.3, 0.4) is 0 Å². The molecular formula is C14H17NO2. The van der Waals surface area contributed by atoms with E-state index in [0.29, 0.717) is 6.42 Å². The number of carboxylic acid groups (broad SMARTS) is 1. The number of hydrogen-bond donors (Lipinski definition) is 1. The summed E-state index contributed by atoms with van der Waals surface area (Å²) in [6, 6.07) is 6.31. The Balaban J connectivity index is 2.54. The van der Waals surface area contributed by atoms with Gasteiger partial charge in [-0.05, 0) is 37.5 Å². The molecule has 1 heterocycles. The molecule has 3 nitrogen and oxygen atoms in total. The van der Waals surface area contributed by atoms with Gasteiger partial charge in [0.15, 0.2) is 0 Å². The first-order valence-electron chi connectivity index (χ1n) is 5.77. The molecule has 0 fully saturated rings. The standard InChI is InChI=1S/C14H17NO2/c1-9-4-5-12-11(6-7-14(16)17)10(2)15(3)13(12)8-9/h4-5,8H,6-7H2,1-3H3,(H,16,17). The molecule has 0 amide bonds. The molecule has 1 N–H and O–H groups in total. The van der Waals surface area contributed by atoms with Gasteiger partial charge in [0.05, 0.1) is 0 Å². The molecular weight excluding hydrogens is 214 g/mol. The van der Waals surface area contributed by atoms with E-state index in [1.54, 1.807) is 0 Å². The van der Waals surface area contributed by atoms with E-state index < -0.39 is 5.97 Å². The molecule has 3 heteroatoms. The Morgan fingerprint density at radius 2 is 2.06 bits per heavy atom. The molecule has 0 unspecified atom stereocenters. The van der Waals surface area contributed by atoms with E-state index in [2.05, 4.69) is 29.7 Å². The van der Waals surface area contributed by atoms with E-state index >= 15 is 0 Å². The summed E-state index contributed by atoms with van der Waals surface area (Å²) in [7, 11) is 2.03. The zero-order chi connectivity index (χ0) is 12.6. The highest BCUT2D eigenvalue weighted by molar-refractivity contribution is 5.86. The number of carbonyl (C=O) groups is 1. The molecule has 90 valence electrons. The molecule has 0 saturated heterocycles. The Labute approximate surface area is 101 Å². The lowest BCUT2D eigenvalue weighted by molar-refractivity contribution is -0.136. The molecule has 1 aromatic carbocycles. The summed E-state index contributed by atoms with van der Waals surface area (Å²) < 4.78 is 2.14. The van der Waals surface area contributed by atoms with Gasteiger partial charge in [0, 0.05) is 30.1 Å². The van der Waals surface area contributed by atoms with Gasteiger partial charge in [-0.3, -0.25) is 4.79 Å². The maximum Gasteiger partial charge on any atom is 0.303 e. The lowest BCUT2D eigenvalue weighted by Gasteiger charge is -2.00. The van der Waals surface area contributed by atoms with Gasteiger partial charge in [-0.25, -0.2) is 0 Å². The van der Waals surface area contributed by atoms with Crippen molar-refractivity contribution in [2.75, 3.05) is 0 Å². The molecule has 17 heavy (non-hydrogen) atoms. The van der Waals surface area contributed by atoms with Crippen molar-refractivity contribution in [3.8, 4) is 0 Å². The minimum Gasteiger partial charge on any atom is -0.481 e. The van der Waals surface area contributed by atoms with Crippen LogP contribution in [0.15, 0.2) is 18.2 Å². The summed E-state index contributed by atoms with van der Waals surface area (Å²) in [6.07, 6.45) is 0.787. The van der Waals surface area contributed by atoms with E-state index in [1.165, 1.54) is 16.5 Å². The van der Waals surface area contributed by atoms with Crippen LogP contribution in [0.25, 0.3) is 10.9 Å². The molecule has 2 aromatic rings. The highest BCUT2D eigenvalue weighted by atomic mass is 16.4. The third-order valence-corrected chi connectivity index (χ3v) is 3.37. The molecule has 0 bridgehead atoms. The van der Waals surface area contributed by atoms with Crippen LogP contribution in [0, 0.1) is 13.8 Å². The van der Waals surface area contributed by atoms with Gasteiger partial charge in [-0.1, -0.05) is 12.1 Å². The summed E-state index contributed by atoms with van der Waals surface area (Å²) in [5.41, 5.74) is 4.72. The van der Waals surface area contributed by atoms with Crippen LogP contribution in [-0.4, -0.2) is 15.6 Å². The van der Waals surface area contributed by atoms with Crippen molar-refractivity contribution in [1.82, 2.24) is 4.57 Å². The molecule has 0 aliphatic heterocycles.